The van der Waals surface area contributed by atoms with Gasteiger partial charge in [-0.2, -0.15) is 4.31 Å². The fourth-order valence-corrected chi connectivity index (χ4v) is 6.90. The molecular weight excluding hydrogens is 464 g/mol. The number of carbonyl (C=O) groups is 1. The first kappa shape index (κ1) is 24.1. The predicted octanol–water partition coefficient (Wildman–Crippen LogP) is 3.09. The molecule has 1 atom stereocenters. The largest absolute Gasteiger partial charge is 0.378 e. The zero-order valence-corrected chi connectivity index (χ0v) is 21.1. The molecule has 0 radical (unpaired) electrons. The third kappa shape index (κ3) is 4.90. The zero-order chi connectivity index (χ0) is 24.4. The summed E-state index contributed by atoms with van der Waals surface area (Å²) in [7, 11) is -3.58. The number of amides is 1. The Hall–Kier alpha value is -2.62. The summed E-state index contributed by atoms with van der Waals surface area (Å²) >= 11 is 0. The minimum absolute atomic E-state index is 0.0281. The molecule has 3 aliphatic rings. The van der Waals surface area contributed by atoms with Gasteiger partial charge in [-0.3, -0.25) is 4.79 Å². The molecule has 2 aromatic rings. The number of hydrogen-bond acceptors (Lipinski definition) is 6. The van der Waals surface area contributed by atoms with Crippen LogP contribution in [0.1, 0.15) is 31.7 Å². The summed E-state index contributed by atoms with van der Waals surface area (Å²) in [6, 6.07) is 13.4. The van der Waals surface area contributed by atoms with Gasteiger partial charge in [0.25, 0.3) is 0 Å². The van der Waals surface area contributed by atoms with Gasteiger partial charge in [-0.1, -0.05) is 24.6 Å². The van der Waals surface area contributed by atoms with E-state index in [2.05, 4.69) is 23.2 Å². The molecule has 0 unspecified atom stereocenters. The normalized spacial score (nSPS) is 21.1. The summed E-state index contributed by atoms with van der Waals surface area (Å²) in [4.78, 5) is 17.6. The molecular formula is C26H34N4O4S. The highest BCUT2D eigenvalue weighted by atomic mass is 32.2. The average molecular weight is 499 g/mol. The number of anilines is 3. The first-order chi connectivity index (χ1) is 16.9. The van der Waals surface area contributed by atoms with Crippen molar-refractivity contribution >= 4 is 33.0 Å². The van der Waals surface area contributed by atoms with E-state index in [1.54, 1.807) is 16.4 Å². The molecule has 3 heterocycles. The van der Waals surface area contributed by atoms with E-state index in [-0.39, 0.29) is 23.4 Å². The number of hydrogen-bond donors (Lipinski definition) is 1. The molecule has 2 aromatic carbocycles. The van der Waals surface area contributed by atoms with Crippen LogP contribution in [0.15, 0.2) is 47.4 Å². The third-order valence-corrected chi connectivity index (χ3v) is 9.07. The van der Waals surface area contributed by atoms with Crippen molar-refractivity contribution in [1.82, 2.24) is 4.31 Å². The van der Waals surface area contributed by atoms with Crippen LogP contribution in [-0.2, 0) is 26.0 Å². The molecule has 5 rings (SSSR count). The number of sulfonamides is 1. The van der Waals surface area contributed by atoms with Crippen molar-refractivity contribution in [3.63, 3.8) is 0 Å². The summed E-state index contributed by atoms with van der Waals surface area (Å²) in [5.74, 6) is -0.0281. The Kier molecular flexibility index (Phi) is 7.00. The first-order valence-electron chi connectivity index (χ1n) is 12.6. The Labute approximate surface area is 207 Å². The van der Waals surface area contributed by atoms with Crippen molar-refractivity contribution in [2.24, 2.45) is 0 Å². The van der Waals surface area contributed by atoms with Gasteiger partial charge in [-0.15, -0.1) is 0 Å². The Balaban J connectivity index is 1.40. The molecule has 8 nitrogen and oxygen atoms in total. The van der Waals surface area contributed by atoms with Crippen LogP contribution in [0.2, 0.25) is 0 Å². The van der Waals surface area contributed by atoms with Crippen LogP contribution in [0.5, 0.6) is 0 Å². The van der Waals surface area contributed by atoms with Gasteiger partial charge in [-0.05, 0) is 56.0 Å². The van der Waals surface area contributed by atoms with Gasteiger partial charge in [0.15, 0.2) is 0 Å². The van der Waals surface area contributed by atoms with E-state index < -0.39 is 10.0 Å². The predicted molar refractivity (Wildman–Crippen MR) is 138 cm³/mol. The number of para-hydroxylation sites is 1. The van der Waals surface area contributed by atoms with Gasteiger partial charge < -0.3 is 19.9 Å². The molecule has 188 valence electrons. The van der Waals surface area contributed by atoms with E-state index in [0.717, 1.165) is 50.1 Å². The molecule has 35 heavy (non-hydrogen) atoms. The van der Waals surface area contributed by atoms with Crippen molar-refractivity contribution in [3.8, 4) is 0 Å². The molecule has 0 aliphatic carbocycles. The Morgan fingerprint density at radius 2 is 1.74 bits per heavy atom. The Bertz CT molecular complexity index is 1170. The number of fused-ring (bicyclic) bond motifs is 1. The minimum atomic E-state index is -3.58. The van der Waals surface area contributed by atoms with Crippen molar-refractivity contribution < 1.29 is 17.9 Å². The quantitative estimate of drug-likeness (QED) is 0.659. The second-order valence-electron chi connectivity index (χ2n) is 9.54. The molecule has 2 saturated heterocycles. The van der Waals surface area contributed by atoms with Gasteiger partial charge >= 0.3 is 0 Å². The molecule has 0 spiro atoms. The topological polar surface area (TPSA) is 82.2 Å². The third-order valence-electron chi connectivity index (χ3n) is 7.18. The fourth-order valence-electron chi connectivity index (χ4n) is 5.35. The number of carbonyl (C=O) groups excluding carboxylic acids is 1. The molecule has 9 heteroatoms. The number of nitrogens with zero attached hydrogens (tertiary/aromatic N) is 3. The lowest BCUT2D eigenvalue weighted by Crippen LogP contribution is -2.40. The summed E-state index contributed by atoms with van der Waals surface area (Å²) in [6.07, 6.45) is 3.68. The second kappa shape index (κ2) is 10.2. The van der Waals surface area contributed by atoms with Crippen LogP contribution in [0.4, 0.5) is 17.1 Å². The fraction of sp³-hybridized carbons (Fsp3) is 0.500. The zero-order valence-electron chi connectivity index (χ0n) is 20.3. The lowest BCUT2D eigenvalue weighted by atomic mass is 10.1. The molecule has 1 N–H and O–H groups in total. The number of rotatable bonds is 6. The van der Waals surface area contributed by atoms with E-state index in [1.165, 1.54) is 5.56 Å². The lowest BCUT2D eigenvalue weighted by molar-refractivity contribution is -0.117. The van der Waals surface area contributed by atoms with Gasteiger partial charge in [0, 0.05) is 37.9 Å². The summed E-state index contributed by atoms with van der Waals surface area (Å²) in [6.45, 7) is 5.94. The van der Waals surface area contributed by atoms with Gasteiger partial charge in [0.05, 0.1) is 36.0 Å². The maximum atomic E-state index is 13.3. The van der Waals surface area contributed by atoms with Gasteiger partial charge in [0.1, 0.15) is 0 Å². The highest BCUT2D eigenvalue weighted by Gasteiger charge is 2.31. The van der Waals surface area contributed by atoms with Crippen LogP contribution in [0.3, 0.4) is 0 Å². The van der Waals surface area contributed by atoms with Crippen LogP contribution in [0, 0.1) is 0 Å². The van der Waals surface area contributed by atoms with Crippen molar-refractivity contribution in [2.45, 2.75) is 43.5 Å². The number of benzene rings is 2. The summed E-state index contributed by atoms with van der Waals surface area (Å²) in [5.41, 5.74) is 3.70. The van der Waals surface area contributed by atoms with E-state index in [4.69, 9.17) is 4.74 Å². The lowest BCUT2D eigenvalue weighted by Gasteiger charge is -2.32. The van der Waals surface area contributed by atoms with Crippen molar-refractivity contribution in [3.05, 3.63) is 48.0 Å². The van der Waals surface area contributed by atoms with Crippen molar-refractivity contribution in [2.75, 3.05) is 61.1 Å². The van der Waals surface area contributed by atoms with Crippen LogP contribution < -0.4 is 15.1 Å². The Morgan fingerprint density at radius 3 is 2.51 bits per heavy atom. The maximum Gasteiger partial charge on any atom is 0.246 e. The van der Waals surface area contributed by atoms with E-state index in [1.807, 2.05) is 29.2 Å². The van der Waals surface area contributed by atoms with Crippen molar-refractivity contribution in [1.29, 1.82) is 0 Å². The van der Waals surface area contributed by atoms with Gasteiger partial charge in [0.2, 0.25) is 15.9 Å². The minimum Gasteiger partial charge on any atom is -0.378 e. The standard InChI is InChI=1S/C26H34N4O4S/c1-20-17-21-7-3-4-8-24(21)30(20)26(31)19-27-23-18-22(35(32,33)29-11-5-2-6-12-29)9-10-25(23)28-13-15-34-16-14-28/h3-4,7-10,18,20,27H,2,5-6,11-17,19H2,1H3/t20-/m0/s1. The molecule has 0 saturated carbocycles. The summed E-state index contributed by atoms with van der Waals surface area (Å²) < 4.78 is 33.8. The highest BCUT2D eigenvalue weighted by molar-refractivity contribution is 7.89. The van der Waals surface area contributed by atoms with E-state index in [0.29, 0.717) is 32.0 Å². The number of morpholine rings is 1. The first-order valence-corrected chi connectivity index (χ1v) is 14.0. The SMILES string of the molecule is C[C@H]1Cc2ccccc2N1C(=O)CNc1cc(S(=O)(=O)N2CCCCC2)ccc1N1CCOCC1. The van der Waals surface area contributed by atoms with E-state index >= 15 is 0 Å². The van der Waals surface area contributed by atoms with E-state index in [9.17, 15) is 13.2 Å². The number of piperidine rings is 1. The molecule has 1 amide bonds. The Morgan fingerprint density at radius 1 is 1.00 bits per heavy atom. The van der Waals surface area contributed by atoms with Crippen LogP contribution in [0.25, 0.3) is 0 Å². The van der Waals surface area contributed by atoms with Crippen LogP contribution in [-0.4, -0.2) is 70.6 Å². The van der Waals surface area contributed by atoms with Crippen LogP contribution >= 0.6 is 0 Å². The summed E-state index contributed by atoms with van der Waals surface area (Å²) in [5, 5.41) is 3.30. The maximum absolute atomic E-state index is 13.3. The van der Waals surface area contributed by atoms with Gasteiger partial charge in [-0.25, -0.2) is 8.42 Å². The highest BCUT2D eigenvalue weighted by Crippen LogP contribution is 2.34. The monoisotopic (exact) mass is 498 g/mol. The smallest absolute Gasteiger partial charge is 0.246 e. The second-order valence-corrected chi connectivity index (χ2v) is 11.5. The average Bonchev–Trinajstić information content (AvgIpc) is 3.24. The number of nitrogens with one attached hydrogen (secondary N) is 1. The molecule has 0 bridgehead atoms. The molecule has 3 aliphatic heterocycles. The molecule has 2 fully saturated rings. The molecule has 0 aromatic heterocycles. The number of ether oxygens (including phenoxy) is 1.